The first kappa shape index (κ1) is 15.5. The Bertz CT molecular complexity index is 383. The van der Waals surface area contributed by atoms with Crippen molar-refractivity contribution in [1.82, 2.24) is 10.2 Å². The molecule has 1 fully saturated rings. The van der Waals surface area contributed by atoms with Crippen molar-refractivity contribution in [1.29, 1.82) is 0 Å². The molecule has 112 valence electrons. The lowest BCUT2D eigenvalue weighted by molar-refractivity contribution is 0.132. The number of hydrogen-bond donors (Lipinski definition) is 1. The highest BCUT2D eigenvalue weighted by Crippen LogP contribution is 2.22. The van der Waals surface area contributed by atoms with Gasteiger partial charge >= 0.3 is 0 Å². The standard InChI is InChI=1S/C18H30N2/c1-15(2)17-9-7-16(8-10-17)14-20-13-5-4-6-18(20)11-12-19-3/h7-10,15,18-19H,4-6,11-14H2,1-3H3. The first-order valence-corrected chi connectivity index (χ1v) is 8.18. The lowest BCUT2D eigenvalue weighted by atomic mass is 9.97. The summed E-state index contributed by atoms with van der Waals surface area (Å²) in [4.78, 5) is 2.69. The largest absolute Gasteiger partial charge is 0.320 e. The minimum Gasteiger partial charge on any atom is -0.320 e. The van der Waals surface area contributed by atoms with Gasteiger partial charge in [-0.05, 0) is 56.4 Å². The van der Waals surface area contributed by atoms with Crippen LogP contribution in [0.25, 0.3) is 0 Å². The molecule has 0 bridgehead atoms. The van der Waals surface area contributed by atoms with Crippen LogP contribution in [0.1, 0.15) is 56.6 Å². The van der Waals surface area contributed by atoms with Gasteiger partial charge in [-0.25, -0.2) is 0 Å². The summed E-state index contributed by atoms with van der Waals surface area (Å²) in [5.74, 6) is 0.627. The molecule has 0 aromatic heterocycles. The molecule has 20 heavy (non-hydrogen) atoms. The van der Waals surface area contributed by atoms with E-state index in [-0.39, 0.29) is 0 Å². The minimum absolute atomic E-state index is 0.627. The second kappa shape index (κ2) is 7.80. The van der Waals surface area contributed by atoms with Crippen molar-refractivity contribution in [3.8, 4) is 0 Å². The monoisotopic (exact) mass is 274 g/mol. The van der Waals surface area contributed by atoms with Crippen LogP contribution in [0.4, 0.5) is 0 Å². The predicted octanol–water partition coefficient (Wildman–Crippen LogP) is 3.77. The lowest BCUT2D eigenvalue weighted by Crippen LogP contribution is -2.40. The second-order valence-electron chi connectivity index (χ2n) is 6.41. The predicted molar refractivity (Wildman–Crippen MR) is 87.1 cm³/mol. The van der Waals surface area contributed by atoms with E-state index >= 15 is 0 Å². The first-order valence-electron chi connectivity index (χ1n) is 8.18. The van der Waals surface area contributed by atoms with Gasteiger partial charge in [0.2, 0.25) is 0 Å². The van der Waals surface area contributed by atoms with Crippen LogP contribution in [0.5, 0.6) is 0 Å². The van der Waals surface area contributed by atoms with Gasteiger partial charge in [0.25, 0.3) is 0 Å². The molecular formula is C18H30N2. The molecule has 1 atom stereocenters. The number of likely N-dealkylation sites (tertiary alicyclic amines) is 1. The van der Waals surface area contributed by atoms with Crippen LogP contribution >= 0.6 is 0 Å². The zero-order chi connectivity index (χ0) is 14.4. The normalized spacial score (nSPS) is 20.5. The van der Waals surface area contributed by atoms with Crippen LogP contribution in [0.2, 0.25) is 0 Å². The van der Waals surface area contributed by atoms with Crippen LogP contribution in [0.15, 0.2) is 24.3 Å². The average molecular weight is 274 g/mol. The van der Waals surface area contributed by atoms with Crippen molar-refractivity contribution in [2.45, 2.75) is 58.0 Å². The molecule has 0 aliphatic carbocycles. The van der Waals surface area contributed by atoms with Gasteiger partial charge < -0.3 is 5.32 Å². The van der Waals surface area contributed by atoms with Crippen LogP contribution in [0.3, 0.4) is 0 Å². The van der Waals surface area contributed by atoms with Crippen molar-refractivity contribution in [2.24, 2.45) is 0 Å². The van der Waals surface area contributed by atoms with Gasteiger partial charge in [-0.15, -0.1) is 0 Å². The fourth-order valence-electron chi connectivity index (χ4n) is 3.15. The molecule has 0 radical (unpaired) electrons. The third-order valence-corrected chi connectivity index (χ3v) is 4.51. The summed E-state index contributed by atoms with van der Waals surface area (Å²) in [6.45, 7) is 8.03. The molecule has 1 aliphatic heterocycles. The Balaban J connectivity index is 1.95. The van der Waals surface area contributed by atoms with Gasteiger partial charge in [-0.2, -0.15) is 0 Å². The summed E-state index contributed by atoms with van der Waals surface area (Å²) >= 11 is 0. The molecule has 1 unspecified atom stereocenters. The van der Waals surface area contributed by atoms with E-state index in [1.165, 1.54) is 43.4 Å². The molecule has 1 saturated heterocycles. The average Bonchev–Trinajstić information content (AvgIpc) is 2.47. The van der Waals surface area contributed by atoms with Crippen molar-refractivity contribution < 1.29 is 0 Å². The van der Waals surface area contributed by atoms with Crippen LogP contribution in [-0.4, -0.2) is 31.1 Å². The van der Waals surface area contributed by atoms with E-state index in [4.69, 9.17) is 0 Å². The maximum absolute atomic E-state index is 3.29. The smallest absolute Gasteiger partial charge is 0.0236 e. The molecule has 1 aromatic carbocycles. The van der Waals surface area contributed by atoms with E-state index in [1.807, 2.05) is 0 Å². The molecule has 0 spiro atoms. The number of rotatable bonds is 6. The van der Waals surface area contributed by atoms with Gasteiger partial charge in [-0.1, -0.05) is 44.5 Å². The molecule has 1 aromatic rings. The molecule has 1 N–H and O–H groups in total. The maximum atomic E-state index is 3.29. The van der Waals surface area contributed by atoms with E-state index in [1.54, 1.807) is 0 Å². The summed E-state index contributed by atoms with van der Waals surface area (Å²) in [6.07, 6.45) is 5.41. The van der Waals surface area contributed by atoms with E-state index in [0.29, 0.717) is 5.92 Å². The topological polar surface area (TPSA) is 15.3 Å². The molecule has 2 rings (SSSR count). The number of hydrogen-bond acceptors (Lipinski definition) is 2. The Morgan fingerprint density at radius 2 is 1.95 bits per heavy atom. The molecule has 0 saturated carbocycles. The third-order valence-electron chi connectivity index (χ3n) is 4.51. The van der Waals surface area contributed by atoms with E-state index < -0.39 is 0 Å². The summed E-state index contributed by atoms with van der Waals surface area (Å²) in [6, 6.07) is 10.00. The van der Waals surface area contributed by atoms with Gasteiger partial charge in [-0.3, -0.25) is 4.90 Å². The fourth-order valence-corrected chi connectivity index (χ4v) is 3.15. The quantitative estimate of drug-likeness (QED) is 0.849. The molecule has 1 heterocycles. The van der Waals surface area contributed by atoms with Crippen molar-refractivity contribution in [3.63, 3.8) is 0 Å². The third kappa shape index (κ3) is 4.32. The summed E-state index contributed by atoms with van der Waals surface area (Å²) in [5, 5.41) is 3.29. The Morgan fingerprint density at radius 1 is 1.20 bits per heavy atom. The summed E-state index contributed by atoms with van der Waals surface area (Å²) in [5.41, 5.74) is 2.91. The van der Waals surface area contributed by atoms with Crippen molar-refractivity contribution in [2.75, 3.05) is 20.1 Å². The van der Waals surface area contributed by atoms with Crippen molar-refractivity contribution >= 4 is 0 Å². The highest BCUT2D eigenvalue weighted by Gasteiger charge is 2.21. The number of nitrogens with zero attached hydrogens (tertiary/aromatic N) is 1. The van der Waals surface area contributed by atoms with E-state index in [0.717, 1.165) is 19.1 Å². The molecular weight excluding hydrogens is 244 g/mol. The zero-order valence-electron chi connectivity index (χ0n) is 13.4. The van der Waals surface area contributed by atoms with Gasteiger partial charge in [0.1, 0.15) is 0 Å². The second-order valence-corrected chi connectivity index (χ2v) is 6.41. The Morgan fingerprint density at radius 3 is 2.60 bits per heavy atom. The molecule has 0 amide bonds. The van der Waals surface area contributed by atoms with Gasteiger partial charge in [0, 0.05) is 12.6 Å². The molecule has 2 heteroatoms. The Labute approximate surface area is 124 Å². The van der Waals surface area contributed by atoms with Crippen molar-refractivity contribution in [3.05, 3.63) is 35.4 Å². The minimum atomic E-state index is 0.627. The van der Waals surface area contributed by atoms with E-state index in [9.17, 15) is 0 Å². The van der Waals surface area contributed by atoms with Crippen LogP contribution in [-0.2, 0) is 6.54 Å². The Hall–Kier alpha value is -0.860. The highest BCUT2D eigenvalue weighted by molar-refractivity contribution is 5.24. The summed E-state index contributed by atoms with van der Waals surface area (Å²) < 4.78 is 0. The fraction of sp³-hybridized carbons (Fsp3) is 0.667. The molecule has 1 aliphatic rings. The Kier molecular flexibility index (Phi) is 6.06. The highest BCUT2D eigenvalue weighted by atomic mass is 15.2. The lowest BCUT2D eigenvalue weighted by Gasteiger charge is -2.36. The number of benzene rings is 1. The van der Waals surface area contributed by atoms with Crippen LogP contribution < -0.4 is 5.32 Å². The summed E-state index contributed by atoms with van der Waals surface area (Å²) in [7, 11) is 2.05. The number of piperidine rings is 1. The SMILES string of the molecule is CNCCC1CCCCN1Cc1ccc(C(C)C)cc1. The molecule has 2 nitrogen and oxygen atoms in total. The van der Waals surface area contributed by atoms with E-state index in [2.05, 4.69) is 55.4 Å². The van der Waals surface area contributed by atoms with Gasteiger partial charge in [0.15, 0.2) is 0 Å². The first-order chi connectivity index (χ1) is 9.70. The zero-order valence-corrected chi connectivity index (χ0v) is 13.4. The maximum Gasteiger partial charge on any atom is 0.0236 e. The number of nitrogens with one attached hydrogen (secondary N) is 1. The van der Waals surface area contributed by atoms with Crippen LogP contribution in [0, 0.1) is 0 Å². The van der Waals surface area contributed by atoms with Gasteiger partial charge in [0.05, 0.1) is 0 Å².